The van der Waals surface area contributed by atoms with E-state index in [4.69, 9.17) is 10.5 Å². The molecule has 0 saturated heterocycles. The Balaban J connectivity index is 2.16. The van der Waals surface area contributed by atoms with Crippen molar-refractivity contribution in [1.82, 2.24) is 9.97 Å². The second-order valence-electron chi connectivity index (χ2n) is 4.83. The maximum Gasteiger partial charge on any atom is 0.159 e. The van der Waals surface area contributed by atoms with Crippen molar-refractivity contribution < 1.29 is 4.74 Å². The van der Waals surface area contributed by atoms with Gasteiger partial charge in [-0.25, -0.2) is 9.97 Å². The van der Waals surface area contributed by atoms with E-state index in [1.54, 1.807) is 7.11 Å². The summed E-state index contributed by atoms with van der Waals surface area (Å²) in [6.07, 6.45) is 1.48. The number of aromatic nitrogens is 2. The number of nitrogens with zero attached hydrogens (tertiary/aromatic N) is 2. The van der Waals surface area contributed by atoms with Crippen molar-refractivity contribution in [2.75, 3.05) is 36.6 Å². The first-order chi connectivity index (χ1) is 10.1. The molecule has 6 nitrogen and oxygen atoms in total. The van der Waals surface area contributed by atoms with Crippen molar-refractivity contribution in [3.63, 3.8) is 0 Å². The molecule has 1 aromatic carbocycles. The molecule has 0 saturated carbocycles. The summed E-state index contributed by atoms with van der Waals surface area (Å²) in [5, 5.41) is 6.34. The van der Waals surface area contributed by atoms with Crippen LogP contribution in [0.3, 0.4) is 0 Å². The van der Waals surface area contributed by atoms with Gasteiger partial charge >= 0.3 is 0 Å². The van der Waals surface area contributed by atoms with Gasteiger partial charge in [0.25, 0.3) is 0 Å². The molecule has 2 aromatic rings. The van der Waals surface area contributed by atoms with E-state index in [1.165, 1.54) is 17.5 Å². The van der Waals surface area contributed by atoms with Gasteiger partial charge in [-0.3, -0.25) is 0 Å². The van der Waals surface area contributed by atoms with Crippen molar-refractivity contribution in [1.29, 1.82) is 0 Å². The summed E-state index contributed by atoms with van der Waals surface area (Å²) in [5.74, 6) is 1.20. The van der Waals surface area contributed by atoms with E-state index < -0.39 is 0 Å². The number of anilines is 4. The number of methoxy groups -OCH3 is 1. The Morgan fingerprint density at radius 3 is 2.62 bits per heavy atom. The highest BCUT2D eigenvalue weighted by molar-refractivity contribution is 5.77. The zero-order chi connectivity index (χ0) is 15.2. The maximum absolute atomic E-state index is 6.09. The summed E-state index contributed by atoms with van der Waals surface area (Å²) in [7, 11) is 1.65. The second kappa shape index (κ2) is 6.90. The number of nitrogen functional groups attached to an aromatic ring is 1. The van der Waals surface area contributed by atoms with Crippen LogP contribution >= 0.6 is 0 Å². The van der Waals surface area contributed by atoms with Crippen molar-refractivity contribution in [3.05, 3.63) is 35.7 Å². The van der Waals surface area contributed by atoms with Crippen LogP contribution in [0.2, 0.25) is 0 Å². The third kappa shape index (κ3) is 3.82. The van der Waals surface area contributed by atoms with Gasteiger partial charge in [0, 0.05) is 19.3 Å². The zero-order valence-electron chi connectivity index (χ0n) is 12.6. The largest absolute Gasteiger partial charge is 0.393 e. The van der Waals surface area contributed by atoms with E-state index >= 15 is 0 Å². The van der Waals surface area contributed by atoms with Crippen LogP contribution in [-0.2, 0) is 4.74 Å². The number of hydrogen-bond acceptors (Lipinski definition) is 6. The van der Waals surface area contributed by atoms with Gasteiger partial charge in [0.1, 0.15) is 12.0 Å². The molecular weight excluding hydrogens is 266 g/mol. The highest BCUT2D eigenvalue weighted by atomic mass is 16.5. The molecule has 21 heavy (non-hydrogen) atoms. The van der Waals surface area contributed by atoms with Crippen molar-refractivity contribution in [2.45, 2.75) is 13.8 Å². The lowest BCUT2D eigenvalue weighted by Gasteiger charge is -2.13. The fourth-order valence-corrected chi connectivity index (χ4v) is 1.86. The molecule has 0 aliphatic carbocycles. The summed E-state index contributed by atoms with van der Waals surface area (Å²) in [6.45, 7) is 5.38. The first-order valence-corrected chi connectivity index (χ1v) is 6.79. The number of hydrogen-bond donors (Lipinski definition) is 3. The predicted octanol–water partition coefficient (Wildman–Crippen LogP) is 2.48. The quantitative estimate of drug-likeness (QED) is 0.708. The van der Waals surface area contributed by atoms with E-state index in [1.807, 2.05) is 6.07 Å². The second-order valence-corrected chi connectivity index (χ2v) is 4.83. The molecule has 1 aromatic heterocycles. The molecule has 0 bridgehead atoms. The van der Waals surface area contributed by atoms with Crippen molar-refractivity contribution in [2.24, 2.45) is 0 Å². The van der Waals surface area contributed by atoms with Crippen LogP contribution in [0.15, 0.2) is 24.5 Å². The van der Waals surface area contributed by atoms with Crippen LogP contribution in [0.4, 0.5) is 23.0 Å². The number of benzene rings is 1. The van der Waals surface area contributed by atoms with Gasteiger partial charge in [-0.1, -0.05) is 6.07 Å². The average Bonchev–Trinajstić information content (AvgIpc) is 2.47. The van der Waals surface area contributed by atoms with Gasteiger partial charge in [0.2, 0.25) is 0 Å². The molecule has 0 aliphatic heterocycles. The highest BCUT2D eigenvalue weighted by Gasteiger charge is 2.08. The monoisotopic (exact) mass is 287 g/mol. The van der Waals surface area contributed by atoms with Crippen molar-refractivity contribution >= 4 is 23.0 Å². The van der Waals surface area contributed by atoms with Gasteiger partial charge in [-0.15, -0.1) is 0 Å². The van der Waals surface area contributed by atoms with Gasteiger partial charge in [0.05, 0.1) is 6.61 Å². The van der Waals surface area contributed by atoms with E-state index in [2.05, 4.69) is 46.6 Å². The zero-order valence-corrected chi connectivity index (χ0v) is 12.6. The lowest BCUT2D eigenvalue weighted by atomic mass is 10.1. The Morgan fingerprint density at radius 1 is 1.14 bits per heavy atom. The van der Waals surface area contributed by atoms with Crippen LogP contribution in [0.25, 0.3) is 0 Å². The third-order valence-electron chi connectivity index (χ3n) is 3.25. The molecule has 0 radical (unpaired) electrons. The smallest absolute Gasteiger partial charge is 0.159 e. The van der Waals surface area contributed by atoms with E-state index in [0.29, 0.717) is 30.5 Å². The Kier molecular flexibility index (Phi) is 4.94. The molecule has 0 fully saturated rings. The predicted molar refractivity (Wildman–Crippen MR) is 86.0 cm³/mol. The van der Waals surface area contributed by atoms with Crippen molar-refractivity contribution in [3.8, 4) is 0 Å². The third-order valence-corrected chi connectivity index (χ3v) is 3.25. The lowest BCUT2D eigenvalue weighted by molar-refractivity contribution is 0.210. The van der Waals surface area contributed by atoms with Crippen LogP contribution in [0.1, 0.15) is 11.1 Å². The fourth-order valence-electron chi connectivity index (χ4n) is 1.86. The van der Waals surface area contributed by atoms with Gasteiger partial charge in [-0.2, -0.15) is 0 Å². The SMILES string of the molecule is COCCNc1ncnc(Nc2ccc(C)c(C)c2)c1N. The Morgan fingerprint density at radius 2 is 1.90 bits per heavy atom. The minimum atomic E-state index is 0.492. The summed E-state index contributed by atoms with van der Waals surface area (Å²) >= 11 is 0. The van der Waals surface area contributed by atoms with Gasteiger partial charge < -0.3 is 21.1 Å². The first kappa shape index (κ1) is 15.1. The fraction of sp³-hybridized carbons (Fsp3) is 0.333. The molecule has 6 heteroatoms. The molecule has 0 unspecified atom stereocenters. The average molecular weight is 287 g/mol. The number of rotatable bonds is 6. The summed E-state index contributed by atoms with van der Waals surface area (Å²) in [5.41, 5.74) is 10.00. The standard InChI is InChI=1S/C15H21N5O/c1-10-4-5-12(8-11(10)2)20-15-13(16)14(18-9-19-15)17-6-7-21-3/h4-5,8-9H,6-7,16H2,1-3H3,(H2,17,18,19,20). The normalized spacial score (nSPS) is 10.4. The van der Waals surface area contributed by atoms with Gasteiger partial charge in [-0.05, 0) is 37.1 Å². The molecule has 4 N–H and O–H groups in total. The molecule has 1 heterocycles. The molecule has 112 valence electrons. The molecule has 0 amide bonds. The summed E-state index contributed by atoms with van der Waals surface area (Å²) in [6, 6.07) is 6.13. The number of aryl methyl sites for hydroxylation is 2. The highest BCUT2D eigenvalue weighted by Crippen LogP contribution is 2.26. The van der Waals surface area contributed by atoms with Crippen LogP contribution < -0.4 is 16.4 Å². The summed E-state index contributed by atoms with van der Waals surface area (Å²) in [4.78, 5) is 8.34. The topological polar surface area (TPSA) is 85.1 Å². The molecular formula is C15H21N5O. The first-order valence-electron chi connectivity index (χ1n) is 6.79. The minimum absolute atomic E-state index is 0.492. The van der Waals surface area contributed by atoms with Gasteiger partial charge in [0.15, 0.2) is 11.6 Å². The lowest BCUT2D eigenvalue weighted by Crippen LogP contribution is -2.12. The maximum atomic E-state index is 6.09. The Bertz CT molecular complexity index is 615. The summed E-state index contributed by atoms with van der Waals surface area (Å²) < 4.78 is 4.99. The Hall–Kier alpha value is -2.34. The number of nitrogens with two attached hydrogens (primary N) is 1. The van der Waals surface area contributed by atoms with Crippen LogP contribution in [0.5, 0.6) is 0 Å². The molecule has 0 atom stereocenters. The molecule has 2 rings (SSSR count). The molecule has 0 spiro atoms. The van der Waals surface area contributed by atoms with E-state index in [9.17, 15) is 0 Å². The van der Waals surface area contributed by atoms with E-state index in [0.717, 1.165) is 5.69 Å². The molecule has 0 aliphatic rings. The van der Waals surface area contributed by atoms with Crippen LogP contribution in [-0.4, -0.2) is 30.2 Å². The number of nitrogens with one attached hydrogen (secondary N) is 2. The minimum Gasteiger partial charge on any atom is -0.393 e. The Labute approximate surface area is 124 Å². The van der Waals surface area contributed by atoms with E-state index in [-0.39, 0.29) is 0 Å². The number of ether oxygens (including phenoxy) is 1. The van der Waals surface area contributed by atoms with Crippen LogP contribution in [0, 0.1) is 13.8 Å².